The van der Waals surface area contributed by atoms with Crippen LogP contribution in [-0.2, 0) is 9.53 Å². The summed E-state index contributed by atoms with van der Waals surface area (Å²) in [4.78, 5) is 47.3. The Morgan fingerprint density at radius 2 is 2.00 bits per heavy atom. The zero-order valence-electron chi connectivity index (χ0n) is 19.9. The summed E-state index contributed by atoms with van der Waals surface area (Å²) in [5, 5.41) is 23.2. The van der Waals surface area contributed by atoms with Crippen LogP contribution in [0.15, 0.2) is 25.0 Å². The second kappa shape index (κ2) is 10.1. The van der Waals surface area contributed by atoms with E-state index in [1.54, 1.807) is 4.90 Å². The van der Waals surface area contributed by atoms with Gasteiger partial charge in [-0.2, -0.15) is 0 Å². The number of nitrogens with two attached hydrogens (primary N) is 1. The number of carbonyl (C=O) groups excluding carboxylic acids is 2. The summed E-state index contributed by atoms with van der Waals surface area (Å²) in [7, 11) is 1.40. The van der Waals surface area contributed by atoms with Crippen molar-refractivity contribution in [3.8, 4) is 11.8 Å². The summed E-state index contributed by atoms with van der Waals surface area (Å²) in [6.07, 6.45) is 3.17. The summed E-state index contributed by atoms with van der Waals surface area (Å²) in [6.45, 7) is 0.142. The van der Waals surface area contributed by atoms with Crippen LogP contribution in [0.5, 0.6) is 0 Å². The molecule has 1 aliphatic carbocycles. The number of aliphatic hydroxyl groups excluding tert-OH is 2. The van der Waals surface area contributed by atoms with E-state index in [1.807, 2.05) is 0 Å². The van der Waals surface area contributed by atoms with Crippen LogP contribution in [-0.4, -0.2) is 94.4 Å². The predicted molar refractivity (Wildman–Crippen MR) is 127 cm³/mol. The number of likely N-dealkylation sites (N-methyl/N-ethyl adjacent to an activating group) is 1. The Hall–Kier alpha value is -4.19. The van der Waals surface area contributed by atoms with Gasteiger partial charge in [0.2, 0.25) is 5.82 Å². The molecule has 2 aliphatic rings. The minimum atomic E-state index is -1.45. The highest BCUT2D eigenvalue weighted by Crippen LogP contribution is 2.32. The zero-order valence-corrected chi connectivity index (χ0v) is 19.9. The van der Waals surface area contributed by atoms with Gasteiger partial charge in [0.15, 0.2) is 23.8 Å². The van der Waals surface area contributed by atoms with Gasteiger partial charge in [0, 0.05) is 25.5 Å². The van der Waals surface area contributed by atoms with Crippen molar-refractivity contribution >= 4 is 28.8 Å². The first kappa shape index (κ1) is 24.5. The van der Waals surface area contributed by atoms with Crippen LogP contribution in [0.1, 0.15) is 41.7 Å². The lowest BCUT2D eigenvalue weighted by atomic mass is 9.91. The van der Waals surface area contributed by atoms with Gasteiger partial charge in [-0.1, -0.05) is 5.92 Å². The first-order chi connectivity index (χ1) is 17.9. The number of anilines is 1. The maximum absolute atomic E-state index is 13.0. The number of aliphatic hydroxyl groups is 2. The largest absolute Gasteiger partial charge is 0.387 e. The van der Waals surface area contributed by atoms with Gasteiger partial charge in [-0.25, -0.2) is 24.9 Å². The highest BCUT2D eigenvalue weighted by molar-refractivity contribution is 5.94. The number of imidazole rings is 1. The van der Waals surface area contributed by atoms with Crippen LogP contribution in [0, 0.1) is 11.8 Å². The molecule has 0 bridgehead atoms. The van der Waals surface area contributed by atoms with Crippen molar-refractivity contribution in [2.75, 3.05) is 19.3 Å². The summed E-state index contributed by atoms with van der Waals surface area (Å²) in [6, 6.07) is 0.0811. The second-order valence-electron chi connectivity index (χ2n) is 8.75. The molecular formula is C23H25N9O5. The molecule has 192 valence electrons. The average molecular weight is 508 g/mol. The number of aromatic nitrogens is 6. The monoisotopic (exact) mass is 507 g/mol. The van der Waals surface area contributed by atoms with Gasteiger partial charge in [-0.05, 0) is 25.2 Å². The van der Waals surface area contributed by atoms with Gasteiger partial charge < -0.3 is 30.9 Å². The number of fused-ring (bicyclic) bond motifs is 1. The number of rotatable bonds is 5. The Kier molecular flexibility index (Phi) is 6.66. The number of nitrogens with zero attached hydrogens (tertiary/aromatic N) is 7. The topological polar surface area (TPSA) is 194 Å². The molecule has 4 atom stereocenters. The number of hydrogen-bond acceptors (Lipinski definition) is 11. The van der Waals surface area contributed by atoms with Crippen LogP contribution in [0.25, 0.3) is 11.2 Å². The Morgan fingerprint density at radius 1 is 1.24 bits per heavy atom. The molecule has 0 radical (unpaired) electrons. The number of carbonyl (C=O) groups is 2. The van der Waals surface area contributed by atoms with E-state index < -0.39 is 30.4 Å². The van der Waals surface area contributed by atoms with Gasteiger partial charge in [0.05, 0.1) is 18.4 Å². The van der Waals surface area contributed by atoms with Crippen molar-refractivity contribution in [3.63, 3.8) is 0 Å². The quantitative estimate of drug-likeness (QED) is 0.297. The normalized spacial score (nSPS) is 23.2. The standard InChI is InChI=1S/C23H25N9O5/c1-25-21(35)18-16(33)17(34)23(37-18)32-11-28-15-19(24)29-14(30-20(15)32)6-3-7-31(13-4-2-5-13)22(36)12-8-26-10-27-9-12/h8-11,13,16-18,23,33-34H,2,4-5,7H2,1H3,(H,25,35)(H2,24,29,30)/t16-,17?,18-,23+/m0/s1. The molecule has 14 nitrogen and oxygen atoms in total. The minimum absolute atomic E-state index is 0.0531. The van der Waals surface area contributed by atoms with Gasteiger partial charge >= 0.3 is 0 Å². The molecule has 3 aromatic rings. The SMILES string of the molecule is CNC(=O)[C@H]1O[C@@H](n2cnc3c(N)nc(C#CCN(C(=O)c4cncnc4)C4CCC4)nc32)C(O)[C@@H]1O. The van der Waals surface area contributed by atoms with E-state index in [1.165, 1.54) is 36.7 Å². The molecule has 37 heavy (non-hydrogen) atoms. The first-order valence-electron chi connectivity index (χ1n) is 11.7. The molecule has 5 N–H and O–H groups in total. The lowest BCUT2D eigenvalue weighted by Crippen LogP contribution is -2.44. The smallest absolute Gasteiger partial charge is 0.258 e. The Morgan fingerprint density at radius 3 is 2.68 bits per heavy atom. The third-order valence-electron chi connectivity index (χ3n) is 6.50. The molecule has 3 aromatic heterocycles. The van der Waals surface area contributed by atoms with Crippen LogP contribution in [0.2, 0.25) is 0 Å². The van der Waals surface area contributed by atoms with Crippen molar-refractivity contribution in [2.24, 2.45) is 0 Å². The number of hydrogen-bond donors (Lipinski definition) is 4. The fourth-order valence-corrected chi connectivity index (χ4v) is 4.27. The lowest BCUT2D eigenvalue weighted by molar-refractivity contribution is -0.137. The first-order valence-corrected chi connectivity index (χ1v) is 11.7. The van der Waals surface area contributed by atoms with E-state index in [2.05, 4.69) is 42.1 Å². The third kappa shape index (κ3) is 4.55. The number of nitrogens with one attached hydrogen (secondary N) is 1. The van der Waals surface area contributed by atoms with Crippen LogP contribution < -0.4 is 11.1 Å². The molecule has 4 heterocycles. The summed E-state index contributed by atoms with van der Waals surface area (Å²) >= 11 is 0. The van der Waals surface area contributed by atoms with Crippen molar-refractivity contribution in [1.29, 1.82) is 0 Å². The molecule has 1 saturated heterocycles. The van der Waals surface area contributed by atoms with Crippen molar-refractivity contribution in [1.82, 2.24) is 39.7 Å². The molecule has 2 fully saturated rings. The van der Waals surface area contributed by atoms with Gasteiger partial charge in [-0.3, -0.25) is 14.2 Å². The van der Waals surface area contributed by atoms with E-state index in [-0.39, 0.29) is 41.3 Å². The van der Waals surface area contributed by atoms with E-state index in [9.17, 15) is 19.8 Å². The maximum Gasteiger partial charge on any atom is 0.258 e. The van der Waals surface area contributed by atoms with Gasteiger partial charge in [0.25, 0.3) is 11.8 Å². The van der Waals surface area contributed by atoms with E-state index >= 15 is 0 Å². The fraction of sp³-hybridized carbons (Fsp3) is 0.435. The number of ether oxygens (including phenoxy) is 1. The molecule has 14 heteroatoms. The highest BCUT2D eigenvalue weighted by atomic mass is 16.6. The highest BCUT2D eigenvalue weighted by Gasteiger charge is 2.47. The summed E-state index contributed by atoms with van der Waals surface area (Å²) < 4.78 is 6.99. The van der Waals surface area contributed by atoms with Crippen molar-refractivity contribution < 1.29 is 24.5 Å². The molecule has 0 aromatic carbocycles. The molecule has 1 saturated carbocycles. The van der Waals surface area contributed by atoms with Crippen molar-refractivity contribution in [3.05, 3.63) is 36.4 Å². The Labute approximate surface area is 210 Å². The van der Waals surface area contributed by atoms with Crippen molar-refractivity contribution in [2.45, 2.75) is 49.8 Å². The average Bonchev–Trinajstić information content (AvgIpc) is 3.43. The second-order valence-corrected chi connectivity index (χ2v) is 8.75. The van der Waals surface area contributed by atoms with Gasteiger partial charge in [0.1, 0.15) is 24.1 Å². The molecular weight excluding hydrogens is 482 g/mol. The molecule has 1 unspecified atom stereocenters. The fourth-order valence-electron chi connectivity index (χ4n) is 4.27. The van der Waals surface area contributed by atoms with Crippen LogP contribution >= 0.6 is 0 Å². The molecule has 5 rings (SSSR count). The molecule has 1 aliphatic heterocycles. The Bertz CT molecular complexity index is 1380. The lowest BCUT2D eigenvalue weighted by Gasteiger charge is -2.36. The van der Waals surface area contributed by atoms with E-state index in [0.717, 1.165) is 19.3 Å². The maximum atomic E-state index is 13.0. The van der Waals surface area contributed by atoms with Gasteiger partial charge in [-0.15, -0.1) is 0 Å². The van der Waals surface area contributed by atoms with Crippen LogP contribution in [0.4, 0.5) is 5.82 Å². The third-order valence-corrected chi connectivity index (χ3v) is 6.50. The number of nitrogen functional groups attached to an aromatic ring is 1. The zero-order chi connectivity index (χ0) is 26.1. The minimum Gasteiger partial charge on any atom is -0.387 e. The molecule has 0 spiro atoms. The summed E-state index contributed by atoms with van der Waals surface area (Å²) in [5.74, 6) is 5.14. The van der Waals surface area contributed by atoms with Crippen LogP contribution in [0.3, 0.4) is 0 Å². The Balaban J connectivity index is 1.40. The number of amides is 2. The summed E-state index contributed by atoms with van der Waals surface area (Å²) in [5.41, 5.74) is 6.91. The predicted octanol–water partition coefficient (Wildman–Crippen LogP) is -1.39. The van der Waals surface area contributed by atoms with E-state index in [4.69, 9.17) is 10.5 Å². The molecule has 2 amide bonds. The van der Waals surface area contributed by atoms with E-state index in [0.29, 0.717) is 5.56 Å².